The molecule has 0 aromatic heterocycles. The Labute approximate surface area is 110 Å². The number of hydrogen-bond acceptors (Lipinski definition) is 2. The third-order valence-electron chi connectivity index (χ3n) is 3.99. The van der Waals surface area contributed by atoms with Gasteiger partial charge in [0.15, 0.2) is 0 Å². The number of hydrogen-bond donors (Lipinski definition) is 1. The van der Waals surface area contributed by atoms with Crippen LogP contribution in [-0.4, -0.2) is 6.04 Å². The van der Waals surface area contributed by atoms with E-state index in [4.69, 9.17) is 5.26 Å². The Balaban J connectivity index is 1.85. The van der Waals surface area contributed by atoms with Crippen molar-refractivity contribution in [2.45, 2.75) is 51.6 Å². The Morgan fingerprint density at radius 1 is 1.28 bits per heavy atom. The van der Waals surface area contributed by atoms with Crippen LogP contribution in [0, 0.1) is 17.2 Å². The van der Waals surface area contributed by atoms with E-state index >= 15 is 0 Å². The van der Waals surface area contributed by atoms with Crippen molar-refractivity contribution in [3.8, 4) is 6.07 Å². The smallest absolute Gasteiger partial charge is 0.0991 e. The Morgan fingerprint density at radius 3 is 2.44 bits per heavy atom. The summed E-state index contributed by atoms with van der Waals surface area (Å²) in [4.78, 5) is 0. The van der Waals surface area contributed by atoms with E-state index < -0.39 is 0 Å². The molecular weight excluding hydrogens is 220 g/mol. The van der Waals surface area contributed by atoms with Crippen LogP contribution < -0.4 is 5.32 Å². The number of rotatable bonds is 5. The summed E-state index contributed by atoms with van der Waals surface area (Å²) in [6, 6.07) is 11.0. The van der Waals surface area contributed by atoms with Crippen LogP contribution in [0.4, 0.5) is 0 Å². The summed E-state index contributed by atoms with van der Waals surface area (Å²) in [5.74, 6) is 0.945. The molecule has 0 aliphatic heterocycles. The average molecular weight is 242 g/mol. The lowest BCUT2D eigenvalue weighted by molar-refractivity contribution is 0.259. The van der Waals surface area contributed by atoms with Crippen molar-refractivity contribution in [1.82, 2.24) is 5.32 Å². The highest BCUT2D eigenvalue weighted by atomic mass is 14.9. The molecule has 1 N–H and O–H groups in total. The van der Waals surface area contributed by atoms with Gasteiger partial charge in [0.2, 0.25) is 0 Å². The predicted molar refractivity (Wildman–Crippen MR) is 74.1 cm³/mol. The van der Waals surface area contributed by atoms with Gasteiger partial charge in [-0.15, -0.1) is 0 Å². The van der Waals surface area contributed by atoms with Crippen molar-refractivity contribution >= 4 is 0 Å². The van der Waals surface area contributed by atoms with Crippen molar-refractivity contribution in [2.24, 2.45) is 5.92 Å². The summed E-state index contributed by atoms with van der Waals surface area (Å²) < 4.78 is 0. The second-order valence-corrected chi connectivity index (χ2v) is 5.56. The van der Waals surface area contributed by atoms with E-state index in [-0.39, 0.29) is 0 Å². The summed E-state index contributed by atoms with van der Waals surface area (Å²) in [7, 11) is 0. The Kier molecular flexibility index (Phi) is 4.38. The molecule has 1 aliphatic rings. The van der Waals surface area contributed by atoms with Gasteiger partial charge in [-0.2, -0.15) is 5.26 Å². The van der Waals surface area contributed by atoms with Gasteiger partial charge in [-0.25, -0.2) is 0 Å². The van der Waals surface area contributed by atoms with Crippen LogP contribution in [0.25, 0.3) is 0 Å². The van der Waals surface area contributed by atoms with Gasteiger partial charge in [0.05, 0.1) is 11.6 Å². The van der Waals surface area contributed by atoms with E-state index in [0.717, 1.165) is 11.5 Å². The Hall–Kier alpha value is -1.33. The van der Waals surface area contributed by atoms with Gasteiger partial charge in [-0.05, 0) is 43.9 Å². The van der Waals surface area contributed by atoms with E-state index in [2.05, 4.69) is 25.2 Å². The lowest BCUT2D eigenvalue weighted by atomic mass is 9.81. The fourth-order valence-corrected chi connectivity index (χ4v) is 2.67. The highest BCUT2D eigenvalue weighted by molar-refractivity contribution is 5.32. The van der Waals surface area contributed by atoms with Crippen molar-refractivity contribution < 1.29 is 0 Å². The molecule has 0 heterocycles. The number of nitrogens with zero attached hydrogens (tertiary/aromatic N) is 1. The first kappa shape index (κ1) is 13.1. The van der Waals surface area contributed by atoms with Crippen LogP contribution in [-0.2, 0) is 0 Å². The zero-order chi connectivity index (χ0) is 13.0. The van der Waals surface area contributed by atoms with Crippen LogP contribution in [0.2, 0.25) is 0 Å². The maximum atomic E-state index is 8.78. The summed E-state index contributed by atoms with van der Waals surface area (Å²) in [6.07, 6.45) is 5.54. The molecule has 0 amide bonds. The van der Waals surface area contributed by atoms with Crippen LogP contribution in [0.15, 0.2) is 24.3 Å². The first-order valence-electron chi connectivity index (χ1n) is 6.95. The molecule has 0 saturated heterocycles. The van der Waals surface area contributed by atoms with E-state index in [0.29, 0.717) is 12.1 Å². The standard InChI is InChI=1S/C16H22N2/c1-12(10-14-4-3-5-14)18-13(2)16-8-6-15(11-17)7-9-16/h6-9,12-14,18H,3-5,10H2,1-2H3. The zero-order valence-electron chi connectivity index (χ0n) is 11.3. The van der Waals surface area contributed by atoms with Crippen LogP contribution in [0.3, 0.4) is 0 Å². The number of nitriles is 1. The first-order chi connectivity index (χ1) is 8.69. The molecule has 1 saturated carbocycles. The average Bonchev–Trinajstić information content (AvgIpc) is 2.34. The third kappa shape index (κ3) is 3.34. The molecule has 96 valence electrons. The molecule has 0 spiro atoms. The first-order valence-corrected chi connectivity index (χ1v) is 6.95. The number of benzene rings is 1. The topological polar surface area (TPSA) is 35.8 Å². The van der Waals surface area contributed by atoms with Gasteiger partial charge in [-0.1, -0.05) is 31.4 Å². The van der Waals surface area contributed by atoms with Gasteiger partial charge < -0.3 is 5.32 Å². The monoisotopic (exact) mass is 242 g/mol. The molecule has 0 bridgehead atoms. The molecule has 1 fully saturated rings. The summed E-state index contributed by atoms with van der Waals surface area (Å²) in [5.41, 5.74) is 1.99. The molecular formula is C16H22N2. The largest absolute Gasteiger partial charge is 0.308 e. The zero-order valence-corrected chi connectivity index (χ0v) is 11.3. The van der Waals surface area contributed by atoms with Crippen molar-refractivity contribution in [3.05, 3.63) is 35.4 Å². The summed E-state index contributed by atoms with van der Waals surface area (Å²) in [5, 5.41) is 12.4. The lowest BCUT2D eigenvalue weighted by Crippen LogP contribution is -2.32. The molecule has 0 radical (unpaired) electrons. The van der Waals surface area contributed by atoms with Gasteiger partial charge in [-0.3, -0.25) is 0 Å². The van der Waals surface area contributed by atoms with E-state index in [1.807, 2.05) is 24.3 Å². The highest BCUT2D eigenvalue weighted by Crippen LogP contribution is 2.30. The van der Waals surface area contributed by atoms with Crippen LogP contribution in [0.5, 0.6) is 0 Å². The van der Waals surface area contributed by atoms with Crippen molar-refractivity contribution in [1.29, 1.82) is 5.26 Å². The normalized spacial score (nSPS) is 18.7. The molecule has 2 heteroatoms. The van der Waals surface area contributed by atoms with Crippen molar-refractivity contribution in [2.75, 3.05) is 0 Å². The summed E-state index contributed by atoms with van der Waals surface area (Å²) in [6.45, 7) is 4.47. The maximum absolute atomic E-state index is 8.78. The maximum Gasteiger partial charge on any atom is 0.0991 e. The van der Waals surface area contributed by atoms with Crippen LogP contribution >= 0.6 is 0 Å². The van der Waals surface area contributed by atoms with Gasteiger partial charge in [0.1, 0.15) is 0 Å². The molecule has 2 unspecified atom stereocenters. The minimum Gasteiger partial charge on any atom is -0.308 e. The molecule has 2 atom stereocenters. The molecule has 2 rings (SSSR count). The second-order valence-electron chi connectivity index (χ2n) is 5.56. The molecule has 1 aliphatic carbocycles. The van der Waals surface area contributed by atoms with E-state index in [1.165, 1.54) is 31.2 Å². The molecule has 1 aromatic carbocycles. The van der Waals surface area contributed by atoms with Gasteiger partial charge in [0, 0.05) is 12.1 Å². The fraction of sp³-hybridized carbons (Fsp3) is 0.562. The highest BCUT2D eigenvalue weighted by Gasteiger charge is 2.20. The molecule has 1 aromatic rings. The Bertz CT molecular complexity index is 412. The van der Waals surface area contributed by atoms with E-state index in [9.17, 15) is 0 Å². The summed E-state index contributed by atoms with van der Waals surface area (Å²) >= 11 is 0. The van der Waals surface area contributed by atoms with Crippen LogP contribution in [0.1, 0.15) is 56.7 Å². The third-order valence-corrected chi connectivity index (χ3v) is 3.99. The van der Waals surface area contributed by atoms with Gasteiger partial charge in [0.25, 0.3) is 0 Å². The predicted octanol–water partition coefficient (Wildman–Crippen LogP) is 3.79. The fourth-order valence-electron chi connectivity index (χ4n) is 2.67. The lowest BCUT2D eigenvalue weighted by Gasteiger charge is -2.30. The molecule has 2 nitrogen and oxygen atoms in total. The quantitative estimate of drug-likeness (QED) is 0.852. The number of nitrogens with one attached hydrogen (secondary N) is 1. The Morgan fingerprint density at radius 2 is 1.94 bits per heavy atom. The van der Waals surface area contributed by atoms with Crippen molar-refractivity contribution in [3.63, 3.8) is 0 Å². The SMILES string of the molecule is CC(CC1CCC1)NC(C)c1ccc(C#N)cc1. The molecule has 18 heavy (non-hydrogen) atoms. The van der Waals surface area contributed by atoms with Gasteiger partial charge >= 0.3 is 0 Å². The van der Waals surface area contributed by atoms with E-state index in [1.54, 1.807) is 0 Å². The second kappa shape index (κ2) is 6.02. The minimum absolute atomic E-state index is 0.354. The minimum atomic E-state index is 0.354.